The molecule has 12 heavy (non-hydrogen) atoms. The largest absolute Gasteiger partial charge is 0.497 e. The van der Waals surface area contributed by atoms with Crippen molar-refractivity contribution >= 4 is 0 Å². The van der Waals surface area contributed by atoms with Gasteiger partial charge in [-0.05, 0) is 24.3 Å². The van der Waals surface area contributed by atoms with E-state index in [-0.39, 0.29) is 0 Å². The van der Waals surface area contributed by atoms with Gasteiger partial charge in [-0.15, -0.1) is 0 Å². The lowest BCUT2D eigenvalue weighted by Crippen LogP contribution is -2.10. The van der Waals surface area contributed by atoms with Gasteiger partial charge in [-0.25, -0.2) is 0 Å². The van der Waals surface area contributed by atoms with Gasteiger partial charge in [0.05, 0.1) is 7.11 Å². The second-order valence-corrected chi connectivity index (χ2v) is 2.05. The van der Waals surface area contributed by atoms with Crippen molar-refractivity contribution in [2.24, 2.45) is 0 Å². The van der Waals surface area contributed by atoms with E-state index in [0.717, 1.165) is 5.75 Å². The van der Waals surface area contributed by atoms with Gasteiger partial charge in [-0.2, -0.15) is 5.48 Å². The van der Waals surface area contributed by atoms with Crippen LogP contribution in [0.5, 0.6) is 11.5 Å². The third-order valence-electron chi connectivity index (χ3n) is 1.28. The van der Waals surface area contributed by atoms with Gasteiger partial charge in [-0.1, -0.05) is 4.99 Å². The number of ether oxygens (including phenoxy) is 1. The molecular formula is C8H11NO3. The van der Waals surface area contributed by atoms with Crippen molar-refractivity contribution in [1.82, 2.24) is 5.48 Å². The van der Waals surface area contributed by atoms with E-state index in [1.165, 1.54) is 0 Å². The minimum absolute atomic E-state index is 0.616. The van der Waals surface area contributed by atoms with Crippen LogP contribution in [0.25, 0.3) is 0 Å². The summed E-state index contributed by atoms with van der Waals surface area (Å²) in [6.45, 7) is 0. The van der Waals surface area contributed by atoms with Crippen LogP contribution in [0.15, 0.2) is 24.3 Å². The molecule has 4 heteroatoms. The minimum Gasteiger partial charge on any atom is -0.497 e. The van der Waals surface area contributed by atoms with Gasteiger partial charge in [0.1, 0.15) is 5.75 Å². The van der Waals surface area contributed by atoms with Crippen LogP contribution in [0.1, 0.15) is 0 Å². The van der Waals surface area contributed by atoms with Crippen molar-refractivity contribution in [3.05, 3.63) is 24.3 Å². The Labute approximate surface area is 70.9 Å². The van der Waals surface area contributed by atoms with E-state index >= 15 is 0 Å². The molecule has 0 unspecified atom stereocenters. The molecule has 0 heterocycles. The smallest absolute Gasteiger partial charge is 0.167 e. The van der Waals surface area contributed by atoms with Gasteiger partial charge in [0.15, 0.2) is 5.75 Å². The molecule has 0 spiro atoms. The van der Waals surface area contributed by atoms with Crippen LogP contribution in [-0.4, -0.2) is 14.2 Å². The Morgan fingerprint density at radius 3 is 2.17 bits per heavy atom. The summed E-state index contributed by atoms with van der Waals surface area (Å²) in [6.07, 6.45) is 0. The number of hydrogen-bond donors (Lipinski definition) is 1. The Morgan fingerprint density at radius 1 is 1.08 bits per heavy atom. The monoisotopic (exact) mass is 169 g/mol. The first-order chi connectivity index (χ1) is 5.86. The van der Waals surface area contributed by atoms with Crippen molar-refractivity contribution in [1.29, 1.82) is 0 Å². The van der Waals surface area contributed by atoms with Crippen LogP contribution >= 0.6 is 0 Å². The summed E-state index contributed by atoms with van der Waals surface area (Å²) in [5.41, 5.74) is 2.39. The molecule has 0 aliphatic heterocycles. The highest BCUT2D eigenvalue weighted by molar-refractivity contribution is 5.30. The van der Waals surface area contributed by atoms with E-state index in [1.807, 2.05) is 0 Å². The molecule has 0 saturated carbocycles. The highest BCUT2D eigenvalue weighted by Crippen LogP contribution is 2.16. The zero-order valence-corrected chi connectivity index (χ0v) is 7.03. The van der Waals surface area contributed by atoms with Crippen molar-refractivity contribution in [2.75, 3.05) is 14.2 Å². The lowest BCUT2D eigenvalue weighted by molar-refractivity contribution is -0.251. The number of benzene rings is 1. The zero-order valence-electron chi connectivity index (χ0n) is 7.03. The third-order valence-corrected chi connectivity index (χ3v) is 1.28. The first-order valence-electron chi connectivity index (χ1n) is 3.51. The van der Waals surface area contributed by atoms with E-state index in [9.17, 15) is 0 Å². The Bertz CT molecular complexity index is 222. The molecule has 0 aliphatic carbocycles. The maximum absolute atomic E-state index is 4.96. The highest BCUT2D eigenvalue weighted by Gasteiger charge is 1.94. The molecule has 66 valence electrons. The third kappa shape index (κ3) is 2.41. The standard InChI is InChI=1S/C8H11NO3/c1-9-12-11-8-5-3-7(10-2)4-6-8/h3-6,9H,1-2H3. The summed E-state index contributed by atoms with van der Waals surface area (Å²) in [5.74, 6) is 1.40. The molecule has 4 nitrogen and oxygen atoms in total. The quantitative estimate of drug-likeness (QED) is 0.542. The molecule has 1 rings (SSSR count). The fraction of sp³-hybridized carbons (Fsp3) is 0.250. The molecule has 1 aromatic rings. The van der Waals surface area contributed by atoms with Crippen LogP contribution in [0.3, 0.4) is 0 Å². The van der Waals surface area contributed by atoms with Gasteiger partial charge in [0.2, 0.25) is 0 Å². The predicted octanol–water partition coefficient (Wildman–Crippen LogP) is 1.14. The predicted molar refractivity (Wildman–Crippen MR) is 43.8 cm³/mol. The number of hydrogen-bond acceptors (Lipinski definition) is 4. The molecule has 0 amide bonds. The van der Waals surface area contributed by atoms with Crippen LogP contribution < -0.4 is 15.1 Å². The van der Waals surface area contributed by atoms with E-state index in [0.29, 0.717) is 5.75 Å². The van der Waals surface area contributed by atoms with Crippen molar-refractivity contribution in [3.63, 3.8) is 0 Å². The SMILES string of the molecule is CNOOc1ccc(OC)cc1. The van der Waals surface area contributed by atoms with Crippen LogP contribution in [0, 0.1) is 0 Å². The number of hydroxylamine groups is 1. The van der Waals surface area contributed by atoms with Crippen LogP contribution in [0.4, 0.5) is 0 Å². The fourth-order valence-electron chi connectivity index (χ4n) is 0.721. The normalized spacial score (nSPS) is 9.50. The van der Waals surface area contributed by atoms with E-state index in [2.05, 4.69) is 10.5 Å². The first-order valence-corrected chi connectivity index (χ1v) is 3.51. The first kappa shape index (κ1) is 8.83. The Kier molecular flexibility index (Phi) is 3.37. The topological polar surface area (TPSA) is 39.7 Å². The number of methoxy groups -OCH3 is 1. The highest BCUT2D eigenvalue weighted by atomic mass is 17.3. The number of rotatable bonds is 4. The minimum atomic E-state index is 0.616. The molecule has 0 atom stereocenters. The van der Waals surface area contributed by atoms with Crippen molar-refractivity contribution in [2.45, 2.75) is 0 Å². The van der Waals surface area contributed by atoms with Crippen LogP contribution in [-0.2, 0) is 4.99 Å². The second kappa shape index (κ2) is 4.58. The van der Waals surface area contributed by atoms with Gasteiger partial charge in [0.25, 0.3) is 0 Å². The fourth-order valence-corrected chi connectivity index (χ4v) is 0.721. The van der Waals surface area contributed by atoms with E-state index in [1.54, 1.807) is 38.4 Å². The molecule has 0 aliphatic rings. The summed E-state index contributed by atoms with van der Waals surface area (Å²) in [5, 5.41) is 0. The number of nitrogens with one attached hydrogen (secondary N) is 1. The Hall–Kier alpha value is -1.26. The summed E-state index contributed by atoms with van der Waals surface area (Å²) in [7, 11) is 3.23. The molecule has 0 fully saturated rings. The van der Waals surface area contributed by atoms with Gasteiger partial charge >= 0.3 is 0 Å². The lowest BCUT2D eigenvalue weighted by atomic mass is 10.3. The molecule has 0 bridgehead atoms. The van der Waals surface area contributed by atoms with Gasteiger partial charge in [0, 0.05) is 7.05 Å². The van der Waals surface area contributed by atoms with Gasteiger partial charge in [-0.3, -0.25) is 0 Å². The molecule has 0 aromatic heterocycles. The maximum atomic E-state index is 4.96. The summed E-state index contributed by atoms with van der Waals surface area (Å²) < 4.78 is 4.96. The summed E-state index contributed by atoms with van der Waals surface area (Å²) >= 11 is 0. The summed E-state index contributed by atoms with van der Waals surface area (Å²) in [6, 6.07) is 7.06. The van der Waals surface area contributed by atoms with Gasteiger partial charge < -0.3 is 9.62 Å². The summed E-state index contributed by atoms with van der Waals surface area (Å²) in [4.78, 5) is 9.29. The van der Waals surface area contributed by atoms with Crippen LogP contribution in [0.2, 0.25) is 0 Å². The van der Waals surface area contributed by atoms with E-state index in [4.69, 9.17) is 9.62 Å². The molecule has 1 aromatic carbocycles. The second-order valence-electron chi connectivity index (χ2n) is 2.05. The van der Waals surface area contributed by atoms with Crippen molar-refractivity contribution in [3.8, 4) is 11.5 Å². The molecule has 0 radical (unpaired) electrons. The van der Waals surface area contributed by atoms with E-state index < -0.39 is 0 Å². The molecular weight excluding hydrogens is 158 g/mol. The average molecular weight is 169 g/mol. The maximum Gasteiger partial charge on any atom is 0.167 e. The molecule has 0 saturated heterocycles. The Morgan fingerprint density at radius 2 is 1.67 bits per heavy atom. The Balaban J connectivity index is 2.53. The van der Waals surface area contributed by atoms with Crippen molar-refractivity contribution < 1.29 is 14.6 Å². The molecule has 1 N–H and O–H groups in total. The zero-order chi connectivity index (χ0) is 8.81. The lowest BCUT2D eigenvalue weighted by Gasteiger charge is -2.02. The average Bonchev–Trinajstić information content (AvgIpc) is 2.15.